The Morgan fingerprint density at radius 3 is 2.74 bits per heavy atom. The van der Waals surface area contributed by atoms with Crippen LogP contribution in [-0.4, -0.2) is 36.2 Å². The van der Waals surface area contributed by atoms with Gasteiger partial charge in [0.05, 0.1) is 5.69 Å². The molecule has 0 spiro atoms. The molecule has 6 heteroatoms. The third-order valence-corrected chi connectivity index (χ3v) is 3.95. The molecule has 1 heterocycles. The fourth-order valence-corrected chi connectivity index (χ4v) is 2.70. The second-order valence-electron chi connectivity index (χ2n) is 4.80. The summed E-state index contributed by atoms with van der Waals surface area (Å²) in [6.45, 7) is 2.12. The molecule has 0 aromatic heterocycles. The van der Waals surface area contributed by atoms with E-state index in [1.165, 1.54) is 6.07 Å². The van der Waals surface area contributed by atoms with E-state index in [0.717, 1.165) is 25.9 Å². The van der Waals surface area contributed by atoms with Crippen molar-refractivity contribution in [1.82, 2.24) is 10.2 Å². The lowest BCUT2D eigenvalue weighted by atomic mass is 10.1. The van der Waals surface area contributed by atoms with Crippen molar-refractivity contribution in [3.63, 3.8) is 0 Å². The second-order valence-corrected chi connectivity index (χ2v) is 6.12. The Morgan fingerprint density at radius 1 is 1.42 bits per heavy atom. The van der Waals surface area contributed by atoms with E-state index >= 15 is 0 Å². The molecular weight excluding hydrogens is 329 g/mol. The first-order valence-electron chi connectivity index (χ1n) is 6.25. The van der Waals surface area contributed by atoms with Crippen LogP contribution in [0, 0.1) is 5.82 Å². The van der Waals surface area contributed by atoms with Crippen LogP contribution in [0.15, 0.2) is 22.7 Å². The number of benzene rings is 1. The first kappa shape index (κ1) is 14.7. The van der Waals surface area contributed by atoms with Crippen molar-refractivity contribution in [2.45, 2.75) is 18.9 Å². The molecule has 0 aliphatic carbocycles. The molecule has 1 fully saturated rings. The minimum atomic E-state index is -0.318. The molecule has 0 saturated carbocycles. The molecule has 1 aromatic rings. The first-order valence-corrected chi connectivity index (χ1v) is 7.46. The van der Waals surface area contributed by atoms with Gasteiger partial charge in [-0.15, -0.1) is 0 Å². The Morgan fingerprint density at radius 2 is 2.11 bits per heavy atom. The molecule has 1 aliphatic heterocycles. The van der Waals surface area contributed by atoms with Crippen LogP contribution in [0.4, 0.5) is 10.1 Å². The second kappa shape index (κ2) is 6.63. The fraction of sp³-hybridized carbons (Fsp3) is 0.462. The number of hydrogen-bond acceptors (Lipinski definition) is 2. The smallest absolute Gasteiger partial charge is 0.171 e. The predicted molar refractivity (Wildman–Crippen MR) is 84.0 cm³/mol. The van der Waals surface area contributed by atoms with Crippen LogP contribution in [0.1, 0.15) is 12.8 Å². The summed E-state index contributed by atoms with van der Waals surface area (Å²) < 4.78 is 14.4. The standard InChI is InChI=1S/C13H17BrFN3S/c1-18-6-4-10(5-7-18)16-13(19)17-12-3-2-9(14)8-11(12)15/h2-3,8,10H,4-7H2,1H3,(H2,16,17,19). The molecular formula is C13H17BrFN3S. The third kappa shape index (κ3) is 4.40. The van der Waals surface area contributed by atoms with E-state index in [9.17, 15) is 4.39 Å². The molecule has 1 aliphatic rings. The van der Waals surface area contributed by atoms with Gasteiger partial charge in [0, 0.05) is 10.5 Å². The topological polar surface area (TPSA) is 27.3 Å². The van der Waals surface area contributed by atoms with Gasteiger partial charge in [0.25, 0.3) is 0 Å². The lowest BCUT2D eigenvalue weighted by Crippen LogP contribution is -2.44. The summed E-state index contributed by atoms with van der Waals surface area (Å²) in [6, 6.07) is 5.24. The van der Waals surface area contributed by atoms with Crippen LogP contribution in [0.5, 0.6) is 0 Å². The Labute approximate surface area is 126 Å². The number of halogens is 2. The molecule has 2 N–H and O–H groups in total. The lowest BCUT2D eigenvalue weighted by molar-refractivity contribution is 0.247. The zero-order valence-corrected chi connectivity index (χ0v) is 13.2. The monoisotopic (exact) mass is 345 g/mol. The van der Waals surface area contributed by atoms with E-state index in [1.807, 2.05) is 0 Å². The van der Waals surface area contributed by atoms with Gasteiger partial charge in [0.2, 0.25) is 0 Å². The highest BCUT2D eigenvalue weighted by Gasteiger charge is 2.17. The third-order valence-electron chi connectivity index (χ3n) is 3.23. The van der Waals surface area contributed by atoms with Crippen molar-refractivity contribution in [3.8, 4) is 0 Å². The van der Waals surface area contributed by atoms with E-state index < -0.39 is 0 Å². The lowest BCUT2D eigenvalue weighted by Gasteiger charge is -2.30. The normalized spacial score (nSPS) is 17.2. The van der Waals surface area contributed by atoms with Crippen LogP contribution in [0.3, 0.4) is 0 Å². The molecule has 1 saturated heterocycles. The molecule has 0 atom stereocenters. The molecule has 1 aromatic carbocycles. The highest BCUT2D eigenvalue weighted by Crippen LogP contribution is 2.19. The summed E-state index contributed by atoms with van der Waals surface area (Å²) in [5.41, 5.74) is 0.397. The van der Waals surface area contributed by atoms with Gasteiger partial charge >= 0.3 is 0 Å². The molecule has 0 unspecified atom stereocenters. The number of rotatable bonds is 2. The quantitative estimate of drug-likeness (QED) is 0.806. The zero-order chi connectivity index (χ0) is 13.8. The van der Waals surface area contributed by atoms with Crippen LogP contribution in [-0.2, 0) is 0 Å². The predicted octanol–water partition coefficient (Wildman–Crippen LogP) is 2.97. The van der Waals surface area contributed by atoms with Crippen molar-refractivity contribution in [1.29, 1.82) is 0 Å². The number of likely N-dealkylation sites (tertiary alicyclic amines) is 1. The number of thiocarbonyl (C=S) groups is 1. The van der Waals surface area contributed by atoms with Crippen molar-refractivity contribution in [2.75, 3.05) is 25.5 Å². The number of nitrogens with one attached hydrogen (secondary N) is 2. The Kier molecular flexibility index (Phi) is 5.13. The minimum absolute atomic E-state index is 0.318. The minimum Gasteiger partial charge on any atom is -0.360 e. The maximum atomic E-state index is 13.7. The van der Waals surface area contributed by atoms with Gasteiger partial charge in [-0.1, -0.05) is 15.9 Å². The van der Waals surface area contributed by atoms with E-state index in [4.69, 9.17) is 12.2 Å². The average Bonchev–Trinajstić information content (AvgIpc) is 2.36. The van der Waals surface area contributed by atoms with Gasteiger partial charge in [-0.05, 0) is 63.4 Å². The highest BCUT2D eigenvalue weighted by atomic mass is 79.9. The summed E-state index contributed by atoms with van der Waals surface area (Å²) in [7, 11) is 2.12. The molecule has 0 amide bonds. The average molecular weight is 346 g/mol. The van der Waals surface area contributed by atoms with Crippen molar-refractivity contribution in [3.05, 3.63) is 28.5 Å². The Balaban J connectivity index is 1.87. The summed E-state index contributed by atoms with van der Waals surface area (Å²) in [5, 5.41) is 6.63. The highest BCUT2D eigenvalue weighted by molar-refractivity contribution is 9.10. The van der Waals surface area contributed by atoms with Crippen LogP contribution in [0.25, 0.3) is 0 Å². The van der Waals surface area contributed by atoms with E-state index in [1.54, 1.807) is 12.1 Å². The summed E-state index contributed by atoms with van der Waals surface area (Å²) in [4.78, 5) is 2.29. The van der Waals surface area contributed by atoms with Crippen molar-refractivity contribution in [2.24, 2.45) is 0 Å². The van der Waals surface area contributed by atoms with E-state index in [0.29, 0.717) is 21.3 Å². The zero-order valence-electron chi connectivity index (χ0n) is 10.7. The molecule has 104 valence electrons. The van der Waals surface area contributed by atoms with E-state index in [-0.39, 0.29) is 5.82 Å². The van der Waals surface area contributed by atoms with Crippen molar-refractivity contribution >= 4 is 38.9 Å². The molecule has 3 nitrogen and oxygen atoms in total. The fourth-order valence-electron chi connectivity index (χ4n) is 2.09. The van der Waals surface area contributed by atoms with Gasteiger partial charge in [-0.3, -0.25) is 0 Å². The SMILES string of the molecule is CN1CCC(NC(=S)Nc2ccc(Br)cc2F)CC1. The van der Waals surface area contributed by atoms with Gasteiger partial charge in [-0.25, -0.2) is 4.39 Å². The largest absolute Gasteiger partial charge is 0.360 e. The van der Waals surface area contributed by atoms with Crippen LogP contribution in [0.2, 0.25) is 0 Å². The molecule has 0 radical (unpaired) electrons. The summed E-state index contributed by atoms with van der Waals surface area (Å²) in [5.74, 6) is -0.318. The number of hydrogen-bond donors (Lipinski definition) is 2. The number of nitrogens with zero attached hydrogens (tertiary/aromatic N) is 1. The maximum Gasteiger partial charge on any atom is 0.171 e. The van der Waals surface area contributed by atoms with Crippen molar-refractivity contribution < 1.29 is 4.39 Å². The van der Waals surface area contributed by atoms with Gasteiger partial charge in [0.15, 0.2) is 5.11 Å². The van der Waals surface area contributed by atoms with Gasteiger partial charge < -0.3 is 15.5 Å². The summed E-state index contributed by atoms with van der Waals surface area (Å²) in [6.07, 6.45) is 2.11. The first-order chi connectivity index (χ1) is 9.04. The Hall–Kier alpha value is -0.720. The molecule has 19 heavy (non-hydrogen) atoms. The van der Waals surface area contributed by atoms with Gasteiger partial charge in [0.1, 0.15) is 5.82 Å². The van der Waals surface area contributed by atoms with E-state index in [2.05, 4.69) is 38.5 Å². The van der Waals surface area contributed by atoms with Gasteiger partial charge in [-0.2, -0.15) is 0 Å². The molecule has 0 bridgehead atoms. The number of anilines is 1. The Bertz CT molecular complexity index is 461. The maximum absolute atomic E-state index is 13.7. The van der Waals surface area contributed by atoms with Crippen LogP contribution >= 0.6 is 28.1 Å². The summed E-state index contributed by atoms with van der Waals surface area (Å²) >= 11 is 8.45. The number of piperidine rings is 1. The van der Waals surface area contributed by atoms with Crippen LogP contribution < -0.4 is 10.6 Å². The molecule has 2 rings (SSSR count).